The molecule has 0 spiro atoms. The Kier molecular flexibility index (Phi) is 2.54. The summed E-state index contributed by atoms with van der Waals surface area (Å²) in [4.78, 5) is 0. The third-order valence-corrected chi connectivity index (χ3v) is 2.63. The number of hydrogen-bond donors (Lipinski definition) is 0. The number of fused-ring (bicyclic) bond motifs is 1. The van der Waals surface area contributed by atoms with Gasteiger partial charge in [0, 0.05) is 21.6 Å². The van der Waals surface area contributed by atoms with Crippen molar-refractivity contribution in [3.63, 3.8) is 0 Å². The Balaban J connectivity index is 2.45. The average molecular weight is 277 g/mol. The molecule has 2 rings (SSSR count). The minimum atomic E-state index is -4.79. The Hall–Kier alpha value is -0.905. The quantitative estimate of drug-likeness (QED) is 0.736. The second kappa shape index (κ2) is 3.59. The van der Waals surface area contributed by atoms with Crippen LogP contribution in [0.2, 0.25) is 0 Å². The van der Waals surface area contributed by atoms with Crippen molar-refractivity contribution in [1.82, 2.24) is 4.57 Å². The molecule has 0 amide bonds. The molecule has 0 aliphatic rings. The highest BCUT2D eigenvalue weighted by atomic mass is 79.9. The largest absolute Gasteiger partial charge is 0.497 e. The molecule has 1 heterocycles. The Morgan fingerprint density at radius 2 is 1.93 bits per heavy atom. The molecule has 1 nitrogen and oxygen atoms in total. The zero-order valence-electron chi connectivity index (χ0n) is 7.63. The summed E-state index contributed by atoms with van der Waals surface area (Å²) < 4.78 is 38.9. The summed E-state index contributed by atoms with van der Waals surface area (Å²) in [5.41, 5.74) is 0.609. The number of hydrogen-bond acceptors (Lipinski definition) is 0. The maximum absolute atomic E-state index is 12.3. The van der Waals surface area contributed by atoms with Crippen LogP contribution >= 0.6 is 15.9 Å². The minimum absolute atomic E-state index is 0.609. The van der Waals surface area contributed by atoms with Gasteiger partial charge in [-0.1, -0.05) is 15.9 Å². The van der Waals surface area contributed by atoms with Gasteiger partial charge in [0.1, 0.15) is 0 Å². The van der Waals surface area contributed by atoms with E-state index in [0.29, 0.717) is 5.52 Å². The topological polar surface area (TPSA) is 4.93 Å². The van der Waals surface area contributed by atoms with Crippen LogP contribution in [0.1, 0.15) is 0 Å². The maximum atomic E-state index is 12.3. The van der Waals surface area contributed by atoms with Crippen molar-refractivity contribution in [3.8, 4) is 0 Å². The molecule has 0 aliphatic carbocycles. The molecular formula is C9H7BBrF3N-. The van der Waals surface area contributed by atoms with E-state index in [1.165, 1.54) is 10.8 Å². The summed E-state index contributed by atoms with van der Waals surface area (Å²) in [5, 5.41) is 0.810. The lowest BCUT2D eigenvalue weighted by Gasteiger charge is -2.15. The summed E-state index contributed by atoms with van der Waals surface area (Å²) in [6, 6.07) is 6.90. The van der Waals surface area contributed by atoms with Crippen molar-refractivity contribution in [3.05, 3.63) is 34.9 Å². The van der Waals surface area contributed by atoms with E-state index in [1.54, 1.807) is 24.3 Å². The molecule has 6 heteroatoms. The van der Waals surface area contributed by atoms with E-state index in [1.807, 2.05) is 0 Å². The van der Waals surface area contributed by atoms with Crippen molar-refractivity contribution < 1.29 is 12.9 Å². The van der Waals surface area contributed by atoms with Gasteiger partial charge in [-0.3, -0.25) is 0 Å². The lowest BCUT2D eigenvalue weighted by molar-refractivity contribution is 0.448. The van der Waals surface area contributed by atoms with Crippen LogP contribution in [0.5, 0.6) is 0 Å². The molecule has 0 bridgehead atoms. The van der Waals surface area contributed by atoms with Gasteiger partial charge < -0.3 is 17.5 Å². The van der Waals surface area contributed by atoms with Crippen molar-refractivity contribution in [2.24, 2.45) is 0 Å². The smallest absolute Gasteiger partial charge is 0.448 e. The highest BCUT2D eigenvalue weighted by Crippen LogP contribution is 2.23. The van der Waals surface area contributed by atoms with E-state index in [0.717, 1.165) is 9.86 Å². The van der Waals surface area contributed by atoms with Crippen molar-refractivity contribution in [2.45, 2.75) is 6.44 Å². The van der Waals surface area contributed by atoms with Gasteiger partial charge in [-0.2, -0.15) is 0 Å². The first kappa shape index (κ1) is 10.6. The number of aromatic nitrogens is 1. The Morgan fingerprint density at radius 3 is 2.60 bits per heavy atom. The van der Waals surface area contributed by atoms with E-state index in [2.05, 4.69) is 15.9 Å². The van der Waals surface area contributed by atoms with Crippen molar-refractivity contribution >= 4 is 33.8 Å². The standard InChI is InChI=1S/C9H7BBrF3N/c11-8-1-2-9-7(5-8)3-4-15(9)6-10(12,13)14/h1-5H,6H2/q-1. The molecule has 0 saturated carbocycles. The lowest BCUT2D eigenvalue weighted by Crippen LogP contribution is -2.23. The second-order valence-corrected chi connectivity index (χ2v) is 4.30. The van der Waals surface area contributed by atoms with E-state index in [9.17, 15) is 12.9 Å². The van der Waals surface area contributed by atoms with Crippen LogP contribution in [0.4, 0.5) is 12.9 Å². The van der Waals surface area contributed by atoms with E-state index < -0.39 is 13.4 Å². The zero-order chi connectivity index (χ0) is 11.1. The highest BCUT2D eigenvalue weighted by Gasteiger charge is 2.23. The van der Waals surface area contributed by atoms with Crippen molar-refractivity contribution in [1.29, 1.82) is 0 Å². The Morgan fingerprint density at radius 1 is 1.20 bits per heavy atom. The van der Waals surface area contributed by atoms with Crippen LogP contribution < -0.4 is 0 Å². The maximum Gasteiger partial charge on any atom is 0.497 e. The predicted molar refractivity (Wildman–Crippen MR) is 58.7 cm³/mol. The molecule has 1 aromatic carbocycles. The Labute approximate surface area is 93.1 Å². The molecule has 0 unspecified atom stereocenters. The monoisotopic (exact) mass is 276 g/mol. The molecule has 0 N–H and O–H groups in total. The molecule has 0 saturated heterocycles. The van der Waals surface area contributed by atoms with Crippen molar-refractivity contribution in [2.75, 3.05) is 0 Å². The molecule has 0 radical (unpaired) electrons. The van der Waals surface area contributed by atoms with Gasteiger partial charge >= 0.3 is 6.98 Å². The van der Waals surface area contributed by atoms with E-state index >= 15 is 0 Å². The first-order chi connectivity index (χ1) is 6.96. The van der Waals surface area contributed by atoms with Gasteiger partial charge in [0.2, 0.25) is 0 Å². The highest BCUT2D eigenvalue weighted by molar-refractivity contribution is 9.10. The predicted octanol–water partition coefficient (Wildman–Crippen LogP) is 3.79. The molecule has 2 aromatic rings. The van der Waals surface area contributed by atoms with Crippen LogP contribution in [-0.2, 0) is 6.44 Å². The van der Waals surface area contributed by atoms with Gasteiger partial charge in [0.15, 0.2) is 0 Å². The summed E-state index contributed by atoms with van der Waals surface area (Å²) in [6.07, 6.45) is 0.581. The molecular weight excluding hydrogens is 270 g/mol. The summed E-state index contributed by atoms with van der Waals surface area (Å²) in [6.45, 7) is -4.79. The summed E-state index contributed by atoms with van der Waals surface area (Å²) in [7, 11) is 0. The fourth-order valence-corrected chi connectivity index (χ4v) is 1.93. The van der Waals surface area contributed by atoms with Gasteiger partial charge in [-0.05, 0) is 30.7 Å². The summed E-state index contributed by atoms with van der Waals surface area (Å²) in [5.74, 6) is 0. The SMILES string of the molecule is F[B-](F)(F)Cn1ccc2cc(Br)ccc21. The first-order valence-corrected chi connectivity index (χ1v) is 5.20. The van der Waals surface area contributed by atoms with Gasteiger partial charge in [0.25, 0.3) is 0 Å². The number of nitrogens with zero attached hydrogens (tertiary/aromatic N) is 1. The third kappa shape index (κ3) is 2.37. The van der Waals surface area contributed by atoms with E-state index in [4.69, 9.17) is 0 Å². The number of rotatable bonds is 2. The molecule has 0 fully saturated rings. The zero-order valence-corrected chi connectivity index (χ0v) is 9.22. The Bertz CT molecular complexity index is 492. The molecule has 80 valence electrons. The van der Waals surface area contributed by atoms with Gasteiger partial charge in [-0.15, -0.1) is 0 Å². The molecule has 0 aliphatic heterocycles. The number of benzene rings is 1. The minimum Gasteiger partial charge on any atom is -0.448 e. The lowest BCUT2D eigenvalue weighted by atomic mass is 9.92. The van der Waals surface area contributed by atoms with Crippen LogP contribution in [0.25, 0.3) is 10.9 Å². The van der Waals surface area contributed by atoms with Crippen LogP contribution in [0.3, 0.4) is 0 Å². The fourth-order valence-electron chi connectivity index (χ4n) is 1.55. The van der Waals surface area contributed by atoms with Gasteiger partial charge in [0.05, 0.1) is 0 Å². The molecule has 15 heavy (non-hydrogen) atoms. The first-order valence-electron chi connectivity index (χ1n) is 4.41. The normalized spacial score (nSPS) is 12.3. The van der Waals surface area contributed by atoms with Crippen LogP contribution in [0, 0.1) is 0 Å². The fraction of sp³-hybridized carbons (Fsp3) is 0.111. The van der Waals surface area contributed by atoms with Crippen LogP contribution in [-0.4, -0.2) is 11.5 Å². The van der Waals surface area contributed by atoms with Crippen LogP contribution in [0.15, 0.2) is 34.9 Å². The van der Waals surface area contributed by atoms with E-state index in [-0.39, 0.29) is 0 Å². The third-order valence-electron chi connectivity index (χ3n) is 2.14. The molecule has 0 atom stereocenters. The van der Waals surface area contributed by atoms with Gasteiger partial charge in [-0.25, -0.2) is 0 Å². The average Bonchev–Trinajstić information content (AvgIpc) is 2.45. The number of halogens is 4. The summed E-state index contributed by atoms with van der Waals surface area (Å²) >= 11 is 3.28. The second-order valence-electron chi connectivity index (χ2n) is 3.38. The molecule has 1 aromatic heterocycles.